The van der Waals surface area contributed by atoms with E-state index in [9.17, 15) is 5.11 Å². The molecule has 0 aliphatic carbocycles. The number of thiophene rings is 1. The Kier molecular flexibility index (Phi) is 4.43. The number of thioether (sulfide) groups is 2. The van der Waals surface area contributed by atoms with Gasteiger partial charge in [0, 0.05) is 22.0 Å². The van der Waals surface area contributed by atoms with Crippen LogP contribution in [0.4, 0.5) is 0 Å². The molecule has 0 radical (unpaired) electrons. The number of hydrogen-bond acceptors (Lipinski definition) is 4. The first-order chi connectivity index (χ1) is 7.33. The van der Waals surface area contributed by atoms with E-state index in [2.05, 4.69) is 12.3 Å². The second kappa shape index (κ2) is 5.62. The van der Waals surface area contributed by atoms with E-state index in [1.807, 2.05) is 35.0 Å². The van der Waals surface area contributed by atoms with Gasteiger partial charge in [0.25, 0.3) is 0 Å². The van der Waals surface area contributed by atoms with Crippen molar-refractivity contribution >= 4 is 34.9 Å². The molecule has 1 aromatic heterocycles. The molecule has 3 unspecified atom stereocenters. The van der Waals surface area contributed by atoms with Gasteiger partial charge in [-0.3, -0.25) is 0 Å². The molecule has 0 aromatic carbocycles. The van der Waals surface area contributed by atoms with Crippen LogP contribution < -0.4 is 0 Å². The van der Waals surface area contributed by atoms with Crippen LogP contribution in [0.2, 0.25) is 0 Å². The van der Waals surface area contributed by atoms with Crippen molar-refractivity contribution in [3.8, 4) is 0 Å². The second-order valence-corrected chi connectivity index (χ2v) is 7.07. The summed E-state index contributed by atoms with van der Waals surface area (Å²) in [5, 5.41) is 15.4. The molecule has 1 aliphatic heterocycles. The van der Waals surface area contributed by atoms with Gasteiger partial charge in [-0.25, -0.2) is 0 Å². The Morgan fingerprint density at radius 2 is 2.27 bits per heavy atom. The van der Waals surface area contributed by atoms with Crippen LogP contribution in [0.5, 0.6) is 0 Å². The molecule has 1 N–H and O–H groups in total. The zero-order valence-corrected chi connectivity index (χ0v) is 11.2. The van der Waals surface area contributed by atoms with E-state index in [-0.39, 0.29) is 6.10 Å². The van der Waals surface area contributed by atoms with Gasteiger partial charge in [0.2, 0.25) is 0 Å². The van der Waals surface area contributed by atoms with E-state index < -0.39 is 0 Å². The fourth-order valence-corrected chi connectivity index (χ4v) is 5.69. The maximum Gasteiger partial charge on any atom is 0.0927 e. The van der Waals surface area contributed by atoms with Crippen LogP contribution in [0.3, 0.4) is 0 Å². The van der Waals surface area contributed by atoms with Gasteiger partial charge >= 0.3 is 0 Å². The summed E-state index contributed by atoms with van der Waals surface area (Å²) >= 11 is 5.62. The lowest BCUT2D eigenvalue weighted by atomic mass is 10.1. The van der Waals surface area contributed by atoms with Gasteiger partial charge in [-0.05, 0) is 28.8 Å². The van der Waals surface area contributed by atoms with Crippen molar-refractivity contribution in [2.45, 2.75) is 29.9 Å². The van der Waals surface area contributed by atoms with Gasteiger partial charge in [0.05, 0.1) is 6.10 Å². The molecule has 1 aliphatic rings. The molecule has 0 amide bonds. The maximum absolute atomic E-state index is 10.3. The molecule has 1 fully saturated rings. The first-order valence-electron chi connectivity index (χ1n) is 5.26. The largest absolute Gasteiger partial charge is 0.387 e. The van der Waals surface area contributed by atoms with Crippen molar-refractivity contribution in [1.82, 2.24) is 0 Å². The first-order valence-corrected chi connectivity index (χ1v) is 8.30. The van der Waals surface area contributed by atoms with Gasteiger partial charge in [-0.15, -0.1) is 0 Å². The second-order valence-electron chi connectivity index (χ2n) is 3.65. The maximum atomic E-state index is 10.3. The van der Waals surface area contributed by atoms with Crippen LogP contribution in [-0.2, 0) is 0 Å². The summed E-state index contributed by atoms with van der Waals surface area (Å²) in [7, 11) is 0. The number of hydrogen-bond donors (Lipinski definition) is 1. The van der Waals surface area contributed by atoms with Crippen molar-refractivity contribution < 1.29 is 5.11 Å². The van der Waals surface area contributed by atoms with Crippen LogP contribution in [0.15, 0.2) is 16.8 Å². The quantitative estimate of drug-likeness (QED) is 0.899. The van der Waals surface area contributed by atoms with Crippen LogP contribution in [0.25, 0.3) is 0 Å². The highest BCUT2D eigenvalue weighted by Gasteiger charge is 2.31. The topological polar surface area (TPSA) is 20.2 Å². The van der Waals surface area contributed by atoms with E-state index in [1.54, 1.807) is 11.3 Å². The lowest BCUT2D eigenvalue weighted by Crippen LogP contribution is -2.30. The fraction of sp³-hybridized carbons (Fsp3) is 0.636. The third kappa shape index (κ3) is 2.73. The average molecular weight is 260 g/mol. The Balaban J connectivity index is 2.07. The van der Waals surface area contributed by atoms with Gasteiger partial charge in [0.1, 0.15) is 0 Å². The third-order valence-corrected chi connectivity index (χ3v) is 6.73. The highest BCUT2D eigenvalue weighted by molar-refractivity contribution is 8.07. The molecule has 3 atom stereocenters. The van der Waals surface area contributed by atoms with Crippen molar-refractivity contribution in [2.24, 2.45) is 0 Å². The Morgan fingerprint density at radius 1 is 1.47 bits per heavy atom. The molecule has 0 saturated carbocycles. The summed E-state index contributed by atoms with van der Waals surface area (Å²) in [6.07, 6.45) is 0.878. The summed E-state index contributed by atoms with van der Waals surface area (Å²) < 4.78 is 0. The highest BCUT2D eigenvalue weighted by atomic mass is 32.2. The Bertz CT molecular complexity index is 286. The number of aliphatic hydroxyl groups is 1. The van der Waals surface area contributed by atoms with E-state index in [1.165, 1.54) is 11.5 Å². The van der Waals surface area contributed by atoms with Crippen molar-refractivity contribution in [3.05, 3.63) is 22.4 Å². The van der Waals surface area contributed by atoms with E-state index in [0.29, 0.717) is 10.5 Å². The fourth-order valence-electron chi connectivity index (χ4n) is 1.86. The van der Waals surface area contributed by atoms with Crippen molar-refractivity contribution in [2.75, 3.05) is 11.5 Å². The van der Waals surface area contributed by atoms with E-state index in [0.717, 1.165) is 12.0 Å². The summed E-state index contributed by atoms with van der Waals surface area (Å²) in [5.41, 5.74) is 1.10. The van der Waals surface area contributed by atoms with Crippen molar-refractivity contribution in [1.29, 1.82) is 0 Å². The Labute approximate surface area is 104 Å². The van der Waals surface area contributed by atoms with Crippen LogP contribution in [0.1, 0.15) is 25.0 Å². The predicted octanol–water partition coefficient (Wildman–Crippen LogP) is 3.41. The summed E-state index contributed by atoms with van der Waals surface area (Å²) in [6, 6.07) is 2.04. The molecular formula is C11H16OS3. The zero-order valence-electron chi connectivity index (χ0n) is 8.76. The molecular weight excluding hydrogens is 244 g/mol. The molecule has 0 bridgehead atoms. The van der Waals surface area contributed by atoms with Crippen LogP contribution in [-0.4, -0.2) is 27.1 Å². The summed E-state index contributed by atoms with van der Waals surface area (Å²) in [5.74, 6) is 2.41. The first kappa shape index (κ1) is 11.8. The van der Waals surface area contributed by atoms with Gasteiger partial charge in [-0.1, -0.05) is 6.92 Å². The molecule has 15 heavy (non-hydrogen) atoms. The molecule has 0 spiro atoms. The Hall–Kier alpha value is 0.360. The molecule has 4 heteroatoms. The Morgan fingerprint density at radius 3 is 2.93 bits per heavy atom. The SMILES string of the molecule is CCC1SCCSC1C(O)c1ccsc1. The molecule has 1 saturated heterocycles. The highest BCUT2D eigenvalue weighted by Crippen LogP contribution is 2.40. The predicted molar refractivity (Wildman–Crippen MR) is 72.1 cm³/mol. The lowest BCUT2D eigenvalue weighted by Gasteiger charge is -2.33. The molecule has 1 nitrogen and oxygen atoms in total. The minimum atomic E-state index is -0.279. The summed E-state index contributed by atoms with van der Waals surface area (Å²) in [4.78, 5) is 0. The minimum Gasteiger partial charge on any atom is -0.387 e. The van der Waals surface area contributed by atoms with Crippen LogP contribution >= 0.6 is 34.9 Å². The third-order valence-electron chi connectivity index (χ3n) is 2.69. The monoisotopic (exact) mass is 260 g/mol. The summed E-state index contributed by atoms with van der Waals surface area (Å²) in [6.45, 7) is 2.22. The van der Waals surface area contributed by atoms with Crippen molar-refractivity contribution in [3.63, 3.8) is 0 Å². The van der Waals surface area contributed by atoms with E-state index in [4.69, 9.17) is 0 Å². The lowest BCUT2D eigenvalue weighted by molar-refractivity contribution is 0.173. The molecule has 2 heterocycles. The average Bonchev–Trinajstić information content (AvgIpc) is 2.81. The molecule has 84 valence electrons. The minimum absolute atomic E-state index is 0.279. The number of aliphatic hydroxyl groups excluding tert-OH is 1. The smallest absolute Gasteiger partial charge is 0.0927 e. The normalized spacial score (nSPS) is 28.9. The number of rotatable bonds is 3. The standard InChI is InChI=1S/C11H16OS3/c1-2-9-11(15-6-5-14-9)10(12)8-3-4-13-7-8/h3-4,7,9-12H,2,5-6H2,1H3. The van der Waals surface area contributed by atoms with Gasteiger partial charge in [-0.2, -0.15) is 34.9 Å². The molecule has 1 aromatic rings. The van der Waals surface area contributed by atoms with E-state index >= 15 is 0 Å². The van der Waals surface area contributed by atoms with Crippen LogP contribution in [0, 0.1) is 0 Å². The molecule has 2 rings (SSSR count). The van der Waals surface area contributed by atoms with Gasteiger partial charge in [0.15, 0.2) is 0 Å². The van der Waals surface area contributed by atoms with Gasteiger partial charge < -0.3 is 5.11 Å². The zero-order chi connectivity index (χ0) is 10.7.